The minimum Gasteiger partial charge on any atom is -0.360 e. The number of benzene rings is 1. The van der Waals surface area contributed by atoms with Crippen molar-refractivity contribution in [2.24, 2.45) is 0 Å². The number of hydrogen-bond donors (Lipinski definition) is 0. The van der Waals surface area contributed by atoms with Gasteiger partial charge in [-0.25, -0.2) is 0 Å². The molecule has 0 N–H and O–H groups in total. The lowest BCUT2D eigenvalue weighted by molar-refractivity contribution is 0.0613. The molecule has 1 aromatic heterocycles. The van der Waals surface area contributed by atoms with E-state index in [1.807, 2.05) is 36.9 Å². The van der Waals surface area contributed by atoms with E-state index in [-0.39, 0.29) is 17.4 Å². The van der Waals surface area contributed by atoms with Crippen molar-refractivity contribution in [2.45, 2.75) is 51.5 Å². The fraction of sp³-hybridized carbons (Fsp3) is 0.474. The third-order valence-electron chi connectivity index (χ3n) is 4.74. The molecule has 2 aromatic rings. The lowest BCUT2D eigenvalue weighted by Gasteiger charge is -2.35. The second-order valence-electron chi connectivity index (χ2n) is 6.99. The van der Waals surface area contributed by atoms with Crippen LogP contribution in [0.5, 0.6) is 0 Å². The second kappa shape index (κ2) is 6.19. The van der Waals surface area contributed by atoms with Gasteiger partial charge in [0.1, 0.15) is 5.76 Å². The maximum Gasteiger partial charge on any atom is 0.276 e. The van der Waals surface area contributed by atoms with Crippen molar-refractivity contribution in [3.8, 4) is 0 Å². The molecule has 122 valence electrons. The summed E-state index contributed by atoms with van der Waals surface area (Å²) in [6.07, 6.45) is 2.92. The summed E-state index contributed by atoms with van der Waals surface area (Å²) in [4.78, 5) is 14.9. The number of nitrogens with zero attached hydrogens (tertiary/aromatic N) is 2. The average molecular weight is 312 g/mol. The lowest BCUT2D eigenvalue weighted by atomic mass is 9.90. The molecule has 0 aliphatic carbocycles. The summed E-state index contributed by atoms with van der Waals surface area (Å²) in [5, 5.41) is 3.99. The summed E-state index contributed by atoms with van der Waals surface area (Å²) in [5.41, 5.74) is 1.53. The van der Waals surface area contributed by atoms with E-state index in [4.69, 9.17) is 4.52 Å². The van der Waals surface area contributed by atoms with Gasteiger partial charge in [-0.1, -0.05) is 49.3 Å². The molecule has 2 heterocycles. The maximum atomic E-state index is 12.9. The Bertz CT molecular complexity index is 678. The van der Waals surface area contributed by atoms with E-state index >= 15 is 0 Å². The van der Waals surface area contributed by atoms with Crippen LogP contribution < -0.4 is 0 Å². The highest BCUT2D eigenvalue weighted by molar-refractivity contribution is 5.93. The number of likely N-dealkylation sites (tertiary alicyclic amines) is 1. The van der Waals surface area contributed by atoms with Crippen LogP contribution in [0.4, 0.5) is 0 Å². The lowest BCUT2D eigenvalue weighted by Crippen LogP contribution is -2.46. The fourth-order valence-corrected chi connectivity index (χ4v) is 3.39. The second-order valence-corrected chi connectivity index (χ2v) is 6.99. The molecule has 1 atom stereocenters. The molecule has 0 saturated carbocycles. The first-order chi connectivity index (χ1) is 11.0. The predicted molar refractivity (Wildman–Crippen MR) is 89.4 cm³/mol. The van der Waals surface area contributed by atoms with Crippen LogP contribution in [0.25, 0.3) is 0 Å². The Hall–Kier alpha value is -2.10. The Labute approximate surface area is 137 Å². The zero-order valence-corrected chi connectivity index (χ0v) is 14.1. The first-order valence-corrected chi connectivity index (χ1v) is 8.32. The van der Waals surface area contributed by atoms with Crippen molar-refractivity contribution in [1.29, 1.82) is 0 Å². The number of hydrogen-bond acceptors (Lipinski definition) is 3. The Morgan fingerprint density at radius 2 is 2.09 bits per heavy atom. The normalized spacial score (nSPS) is 21.1. The van der Waals surface area contributed by atoms with E-state index in [9.17, 15) is 4.79 Å². The van der Waals surface area contributed by atoms with Crippen molar-refractivity contribution >= 4 is 5.91 Å². The Morgan fingerprint density at radius 3 is 2.74 bits per heavy atom. The number of amides is 1. The molecule has 3 rings (SSSR count). The van der Waals surface area contributed by atoms with Crippen molar-refractivity contribution in [1.82, 2.24) is 10.1 Å². The van der Waals surface area contributed by atoms with E-state index in [0.717, 1.165) is 31.6 Å². The van der Waals surface area contributed by atoms with Gasteiger partial charge >= 0.3 is 0 Å². The minimum atomic E-state index is -0.157. The summed E-state index contributed by atoms with van der Waals surface area (Å²) in [6.45, 7) is 7.02. The molecular weight excluding hydrogens is 288 g/mol. The molecule has 1 aliphatic heterocycles. The Kier molecular flexibility index (Phi) is 4.24. The first kappa shape index (κ1) is 15.8. The fourth-order valence-electron chi connectivity index (χ4n) is 3.39. The van der Waals surface area contributed by atoms with Crippen LogP contribution in [0.1, 0.15) is 61.3 Å². The van der Waals surface area contributed by atoms with Crippen molar-refractivity contribution in [3.63, 3.8) is 0 Å². The minimum absolute atomic E-state index is 0.0171. The number of carbonyl (C=O) groups is 1. The zero-order chi connectivity index (χ0) is 16.4. The van der Waals surface area contributed by atoms with Crippen molar-refractivity contribution in [3.05, 3.63) is 53.4 Å². The van der Waals surface area contributed by atoms with Gasteiger partial charge in [-0.15, -0.1) is 0 Å². The van der Waals surface area contributed by atoms with Gasteiger partial charge in [-0.2, -0.15) is 0 Å². The zero-order valence-electron chi connectivity index (χ0n) is 14.1. The highest BCUT2D eigenvalue weighted by Crippen LogP contribution is 2.33. The molecule has 1 aromatic carbocycles. The molecule has 4 nitrogen and oxygen atoms in total. The highest BCUT2D eigenvalue weighted by atomic mass is 16.5. The number of carbonyl (C=O) groups excluding carboxylic acids is 1. The largest absolute Gasteiger partial charge is 0.360 e. The third-order valence-corrected chi connectivity index (χ3v) is 4.74. The molecule has 1 unspecified atom stereocenters. The average Bonchev–Trinajstić information content (AvgIpc) is 3.15. The molecule has 23 heavy (non-hydrogen) atoms. The van der Waals surface area contributed by atoms with Crippen LogP contribution in [-0.4, -0.2) is 28.0 Å². The van der Waals surface area contributed by atoms with Crippen LogP contribution in [0, 0.1) is 0 Å². The molecule has 0 spiro atoms. The van der Waals surface area contributed by atoms with E-state index in [1.165, 1.54) is 5.56 Å². The van der Waals surface area contributed by atoms with Crippen LogP contribution in [0.2, 0.25) is 0 Å². The van der Waals surface area contributed by atoms with Crippen LogP contribution in [-0.2, 0) is 6.42 Å². The Balaban J connectivity index is 1.81. The van der Waals surface area contributed by atoms with E-state index in [2.05, 4.69) is 24.2 Å². The van der Waals surface area contributed by atoms with Crippen LogP contribution in [0.15, 0.2) is 40.9 Å². The van der Waals surface area contributed by atoms with E-state index < -0.39 is 0 Å². The van der Waals surface area contributed by atoms with Crippen molar-refractivity contribution < 1.29 is 9.32 Å². The maximum absolute atomic E-state index is 12.9. The van der Waals surface area contributed by atoms with Gasteiger partial charge in [0.15, 0.2) is 5.69 Å². The van der Waals surface area contributed by atoms with Crippen molar-refractivity contribution in [2.75, 3.05) is 6.54 Å². The summed E-state index contributed by atoms with van der Waals surface area (Å²) in [6, 6.07) is 12.2. The molecule has 1 fully saturated rings. The molecule has 0 radical (unpaired) electrons. The number of aromatic nitrogens is 1. The van der Waals surface area contributed by atoms with Gasteiger partial charge in [0.25, 0.3) is 5.91 Å². The molecule has 1 amide bonds. The molecular formula is C19H24N2O2. The quantitative estimate of drug-likeness (QED) is 0.856. The first-order valence-electron chi connectivity index (χ1n) is 8.32. The van der Waals surface area contributed by atoms with E-state index in [0.29, 0.717) is 5.69 Å². The predicted octanol–water partition coefficient (Wildman–Crippen LogP) is 4.04. The topological polar surface area (TPSA) is 46.3 Å². The smallest absolute Gasteiger partial charge is 0.276 e. The summed E-state index contributed by atoms with van der Waals surface area (Å²) >= 11 is 0. The van der Waals surface area contributed by atoms with Crippen LogP contribution in [0.3, 0.4) is 0 Å². The highest BCUT2D eigenvalue weighted by Gasteiger charge is 2.40. The molecule has 0 bridgehead atoms. The van der Waals surface area contributed by atoms with E-state index in [1.54, 1.807) is 6.07 Å². The van der Waals surface area contributed by atoms with Gasteiger partial charge in [-0.05, 0) is 31.7 Å². The molecule has 1 aliphatic rings. The molecule has 1 saturated heterocycles. The number of rotatable bonds is 4. The van der Waals surface area contributed by atoms with Gasteiger partial charge in [0, 0.05) is 24.1 Å². The monoisotopic (exact) mass is 312 g/mol. The van der Waals surface area contributed by atoms with Gasteiger partial charge in [0.2, 0.25) is 0 Å². The van der Waals surface area contributed by atoms with Gasteiger partial charge in [-0.3, -0.25) is 4.79 Å². The SMILES string of the molecule is CC(C)c1cc(C(=O)N2CCCC2(C)Cc2ccccc2)no1. The Morgan fingerprint density at radius 1 is 1.35 bits per heavy atom. The molecule has 4 heteroatoms. The standard InChI is InChI=1S/C19H24N2O2/c1-14(2)17-12-16(20-23-17)18(22)21-11-7-10-19(21,3)13-15-8-5-4-6-9-15/h4-6,8-9,12,14H,7,10-11,13H2,1-3H3. The van der Waals surface area contributed by atoms with Gasteiger partial charge in [0.05, 0.1) is 0 Å². The third kappa shape index (κ3) is 3.16. The van der Waals surface area contributed by atoms with Gasteiger partial charge < -0.3 is 9.42 Å². The summed E-state index contributed by atoms with van der Waals surface area (Å²) < 4.78 is 5.30. The van der Waals surface area contributed by atoms with Crippen LogP contribution >= 0.6 is 0 Å². The summed E-state index contributed by atoms with van der Waals surface area (Å²) in [5.74, 6) is 0.979. The summed E-state index contributed by atoms with van der Waals surface area (Å²) in [7, 11) is 0.